The maximum atomic E-state index is 12.6. The van der Waals surface area contributed by atoms with Gasteiger partial charge in [0.05, 0.1) is 4.88 Å². The molecule has 0 spiro atoms. The number of aliphatic hydroxyl groups is 1. The summed E-state index contributed by atoms with van der Waals surface area (Å²) in [7, 11) is 0. The number of thiazole rings is 1. The van der Waals surface area contributed by atoms with Gasteiger partial charge in [0.2, 0.25) is 0 Å². The highest BCUT2D eigenvalue weighted by molar-refractivity contribution is 7.11. The van der Waals surface area contributed by atoms with E-state index >= 15 is 0 Å². The normalized spacial score (nSPS) is 12.8. The number of halogens is 3. The first-order valence-electron chi connectivity index (χ1n) is 7.41. The number of aliphatic hydroxyl groups excluding tert-OH is 1. The van der Waals surface area contributed by atoms with Crippen LogP contribution in [0.4, 0.5) is 13.2 Å². The highest BCUT2D eigenvalue weighted by Gasteiger charge is 2.35. The van der Waals surface area contributed by atoms with E-state index in [-0.39, 0.29) is 4.88 Å². The molecule has 1 unspecified atom stereocenters. The molecule has 0 saturated heterocycles. The Labute approximate surface area is 146 Å². The second-order valence-electron chi connectivity index (χ2n) is 5.31. The van der Waals surface area contributed by atoms with Crippen molar-refractivity contribution in [3.8, 4) is 5.75 Å². The molecule has 1 heterocycles. The molecule has 3 nitrogen and oxygen atoms in total. The summed E-state index contributed by atoms with van der Waals surface area (Å²) in [6, 6.07) is 16.2. The fourth-order valence-corrected chi connectivity index (χ4v) is 2.99. The van der Waals surface area contributed by atoms with Crippen LogP contribution in [0.25, 0.3) is 0 Å². The number of alkyl halides is 3. The summed E-state index contributed by atoms with van der Waals surface area (Å²) in [5.74, 6) is 0.611. The van der Waals surface area contributed by atoms with Gasteiger partial charge < -0.3 is 9.84 Å². The molecule has 0 radical (unpaired) electrons. The Hall–Kier alpha value is -2.38. The smallest absolute Gasteiger partial charge is 0.443 e. The van der Waals surface area contributed by atoms with Gasteiger partial charge in [0.1, 0.15) is 18.5 Å². The Morgan fingerprint density at radius 3 is 2.32 bits per heavy atom. The molecular formula is C18H14F3NO2S. The molecule has 7 heteroatoms. The van der Waals surface area contributed by atoms with Gasteiger partial charge in [-0.2, -0.15) is 13.2 Å². The molecule has 1 atom stereocenters. The van der Waals surface area contributed by atoms with E-state index in [0.717, 1.165) is 11.8 Å². The van der Waals surface area contributed by atoms with Crippen LogP contribution in [0.2, 0.25) is 0 Å². The van der Waals surface area contributed by atoms with Crippen molar-refractivity contribution < 1.29 is 23.0 Å². The highest BCUT2D eigenvalue weighted by atomic mass is 32.1. The monoisotopic (exact) mass is 365 g/mol. The maximum absolute atomic E-state index is 12.6. The van der Waals surface area contributed by atoms with E-state index in [0.29, 0.717) is 29.3 Å². The summed E-state index contributed by atoms with van der Waals surface area (Å²) in [6.45, 7) is 0.409. The number of rotatable bonds is 5. The van der Waals surface area contributed by atoms with Crippen LogP contribution >= 0.6 is 11.3 Å². The van der Waals surface area contributed by atoms with E-state index in [1.807, 2.05) is 30.3 Å². The molecule has 3 rings (SSSR count). The summed E-state index contributed by atoms with van der Waals surface area (Å²) in [4.78, 5) is 3.47. The zero-order valence-electron chi connectivity index (χ0n) is 12.9. The molecule has 0 fully saturated rings. The minimum atomic E-state index is -4.50. The van der Waals surface area contributed by atoms with Gasteiger partial charge >= 0.3 is 6.18 Å². The molecule has 1 N–H and O–H groups in total. The number of benzene rings is 2. The maximum Gasteiger partial charge on any atom is 0.443 e. The summed E-state index contributed by atoms with van der Waals surface area (Å²) in [5.41, 5.74) is 1.50. The van der Waals surface area contributed by atoms with Crippen LogP contribution < -0.4 is 4.74 Å². The lowest BCUT2D eigenvalue weighted by atomic mass is 10.1. The van der Waals surface area contributed by atoms with Crippen molar-refractivity contribution in [2.75, 3.05) is 0 Å². The van der Waals surface area contributed by atoms with E-state index in [4.69, 9.17) is 4.74 Å². The predicted molar refractivity (Wildman–Crippen MR) is 88.4 cm³/mol. The van der Waals surface area contributed by atoms with Crippen molar-refractivity contribution in [2.24, 2.45) is 0 Å². The SMILES string of the molecule is OC(c1ccc(OCc2ccccc2)cc1)c1cnc(C(F)(F)F)s1. The third-order valence-electron chi connectivity index (χ3n) is 3.48. The van der Waals surface area contributed by atoms with Crippen LogP contribution in [-0.4, -0.2) is 10.1 Å². The first kappa shape index (κ1) is 17.4. The van der Waals surface area contributed by atoms with E-state index < -0.39 is 17.3 Å². The average molecular weight is 365 g/mol. The predicted octanol–water partition coefficient (Wildman–Crippen LogP) is 4.82. The molecule has 0 bridgehead atoms. The average Bonchev–Trinajstić information content (AvgIpc) is 3.11. The zero-order chi connectivity index (χ0) is 17.9. The number of ether oxygens (including phenoxy) is 1. The zero-order valence-corrected chi connectivity index (χ0v) is 13.7. The third kappa shape index (κ3) is 4.37. The van der Waals surface area contributed by atoms with Crippen LogP contribution in [0, 0.1) is 0 Å². The van der Waals surface area contributed by atoms with E-state index in [1.165, 1.54) is 0 Å². The highest BCUT2D eigenvalue weighted by Crippen LogP contribution is 2.36. The van der Waals surface area contributed by atoms with Crippen molar-refractivity contribution >= 4 is 11.3 Å². The van der Waals surface area contributed by atoms with Crippen molar-refractivity contribution in [3.63, 3.8) is 0 Å². The second-order valence-corrected chi connectivity index (χ2v) is 6.37. The summed E-state index contributed by atoms with van der Waals surface area (Å²) < 4.78 is 43.4. The number of nitrogens with zero attached hydrogens (tertiary/aromatic N) is 1. The lowest BCUT2D eigenvalue weighted by Crippen LogP contribution is -2.03. The minimum Gasteiger partial charge on any atom is -0.489 e. The van der Waals surface area contributed by atoms with Gasteiger partial charge in [-0.1, -0.05) is 42.5 Å². The van der Waals surface area contributed by atoms with Crippen LogP contribution in [-0.2, 0) is 12.8 Å². The lowest BCUT2D eigenvalue weighted by Gasteiger charge is -2.10. The van der Waals surface area contributed by atoms with Crippen LogP contribution in [0.15, 0.2) is 60.8 Å². The number of hydrogen-bond acceptors (Lipinski definition) is 4. The van der Waals surface area contributed by atoms with Gasteiger partial charge in [0.15, 0.2) is 5.01 Å². The van der Waals surface area contributed by atoms with Crippen LogP contribution in [0.3, 0.4) is 0 Å². The molecule has 2 aromatic carbocycles. The first-order valence-corrected chi connectivity index (χ1v) is 8.23. The van der Waals surface area contributed by atoms with Gasteiger partial charge in [-0.25, -0.2) is 4.98 Å². The second kappa shape index (κ2) is 7.25. The van der Waals surface area contributed by atoms with Crippen molar-refractivity contribution in [1.29, 1.82) is 0 Å². The Kier molecular flexibility index (Phi) is 5.06. The minimum absolute atomic E-state index is 0.144. The molecule has 0 aliphatic heterocycles. The molecule has 0 saturated carbocycles. The summed E-state index contributed by atoms with van der Waals surface area (Å²) in [5, 5.41) is 9.26. The largest absolute Gasteiger partial charge is 0.489 e. The van der Waals surface area contributed by atoms with Gasteiger partial charge in [-0.15, -0.1) is 11.3 Å². The van der Waals surface area contributed by atoms with Gasteiger partial charge in [-0.05, 0) is 23.3 Å². The molecular weight excluding hydrogens is 351 g/mol. The molecule has 0 amide bonds. The molecule has 1 aromatic heterocycles. The van der Waals surface area contributed by atoms with E-state index in [2.05, 4.69) is 4.98 Å². The van der Waals surface area contributed by atoms with Crippen molar-refractivity contribution in [3.05, 3.63) is 81.8 Å². The summed E-state index contributed by atoms with van der Waals surface area (Å²) in [6.07, 6.45) is -4.60. The molecule has 0 aliphatic carbocycles. The lowest BCUT2D eigenvalue weighted by molar-refractivity contribution is -0.137. The number of hydrogen-bond donors (Lipinski definition) is 1. The fourth-order valence-electron chi connectivity index (χ4n) is 2.20. The standard InChI is InChI=1S/C18H14F3NO2S/c19-18(20,21)17-22-10-15(25-17)16(23)13-6-8-14(9-7-13)24-11-12-4-2-1-3-5-12/h1-10,16,23H,11H2. The Balaban J connectivity index is 1.66. The molecule has 25 heavy (non-hydrogen) atoms. The molecule has 0 aliphatic rings. The summed E-state index contributed by atoms with van der Waals surface area (Å²) >= 11 is 0.437. The topological polar surface area (TPSA) is 42.4 Å². The van der Waals surface area contributed by atoms with Crippen LogP contribution in [0.5, 0.6) is 5.75 Å². The Morgan fingerprint density at radius 1 is 1.04 bits per heavy atom. The van der Waals surface area contributed by atoms with Gasteiger partial charge in [0, 0.05) is 6.20 Å². The van der Waals surface area contributed by atoms with Gasteiger partial charge in [0.25, 0.3) is 0 Å². The fraction of sp³-hybridized carbons (Fsp3) is 0.167. The van der Waals surface area contributed by atoms with E-state index in [1.54, 1.807) is 24.3 Å². The van der Waals surface area contributed by atoms with E-state index in [9.17, 15) is 18.3 Å². The first-order chi connectivity index (χ1) is 11.9. The molecule has 3 aromatic rings. The third-order valence-corrected chi connectivity index (χ3v) is 4.57. The quantitative estimate of drug-likeness (QED) is 0.705. The van der Waals surface area contributed by atoms with Gasteiger partial charge in [-0.3, -0.25) is 0 Å². The Bertz CT molecular complexity index is 816. The molecule has 130 valence electrons. The van der Waals surface area contributed by atoms with Crippen molar-refractivity contribution in [2.45, 2.75) is 18.9 Å². The van der Waals surface area contributed by atoms with Crippen LogP contribution in [0.1, 0.15) is 27.1 Å². The van der Waals surface area contributed by atoms with Crippen molar-refractivity contribution in [1.82, 2.24) is 4.98 Å². The Morgan fingerprint density at radius 2 is 1.72 bits per heavy atom. The number of aromatic nitrogens is 1.